The van der Waals surface area contributed by atoms with Crippen LogP contribution in [0.4, 0.5) is 5.69 Å². The normalized spacial score (nSPS) is 15.4. The first kappa shape index (κ1) is 18.6. The van der Waals surface area contributed by atoms with E-state index in [2.05, 4.69) is 5.32 Å². The van der Waals surface area contributed by atoms with Crippen molar-refractivity contribution >= 4 is 17.6 Å². The lowest BCUT2D eigenvalue weighted by molar-refractivity contribution is -0.116. The number of ether oxygens (including phenoxy) is 2. The average molecular weight is 392 g/mol. The van der Waals surface area contributed by atoms with Crippen LogP contribution in [0.25, 0.3) is 5.69 Å². The molecule has 0 fully saturated rings. The van der Waals surface area contributed by atoms with Crippen molar-refractivity contribution in [1.82, 2.24) is 4.57 Å². The first-order valence-corrected chi connectivity index (χ1v) is 9.08. The van der Waals surface area contributed by atoms with Gasteiger partial charge in [0.1, 0.15) is 17.1 Å². The van der Waals surface area contributed by atoms with Crippen LogP contribution < -0.4 is 14.8 Å². The van der Waals surface area contributed by atoms with Gasteiger partial charge in [-0.25, -0.2) is 4.79 Å². The van der Waals surface area contributed by atoms with Gasteiger partial charge in [-0.3, -0.25) is 4.79 Å². The third-order valence-electron chi connectivity index (χ3n) is 5.09. The van der Waals surface area contributed by atoms with Crippen LogP contribution in [0.15, 0.2) is 54.7 Å². The van der Waals surface area contributed by atoms with E-state index in [9.17, 15) is 14.7 Å². The number of carboxylic acid groups (broad SMARTS) is 1. The number of carbonyl (C=O) groups is 2. The molecule has 0 unspecified atom stereocenters. The molecule has 2 N–H and O–H groups in total. The van der Waals surface area contributed by atoms with Crippen LogP contribution >= 0.6 is 0 Å². The number of methoxy groups -OCH3 is 2. The lowest BCUT2D eigenvalue weighted by atomic mass is 9.88. The standard InChI is InChI=1S/C22H20N2O5/c1-28-15-7-3-5-13(9-15)17-11-19(25)23-20-18(22(26)27)12-24(21(17)20)14-6-4-8-16(10-14)29-2/h3-10,12,17H,11H2,1-2H3,(H,23,25)(H,26,27)/t17-/m0/s1. The summed E-state index contributed by atoms with van der Waals surface area (Å²) in [4.78, 5) is 24.3. The Kier molecular flexibility index (Phi) is 4.72. The molecule has 0 saturated carbocycles. The molecule has 1 aliphatic rings. The number of hydrogen-bond donors (Lipinski definition) is 2. The largest absolute Gasteiger partial charge is 0.497 e. The van der Waals surface area contributed by atoms with E-state index in [1.807, 2.05) is 53.1 Å². The van der Waals surface area contributed by atoms with Gasteiger partial charge in [0.05, 0.1) is 25.6 Å². The summed E-state index contributed by atoms with van der Waals surface area (Å²) in [6.45, 7) is 0. The molecule has 1 aliphatic heterocycles. The van der Waals surface area contributed by atoms with Gasteiger partial charge in [0.2, 0.25) is 5.91 Å². The molecular formula is C22H20N2O5. The summed E-state index contributed by atoms with van der Waals surface area (Å²) in [5.74, 6) is -0.327. The van der Waals surface area contributed by atoms with Gasteiger partial charge in [0, 0.05) is 30.3 Å². The number of nitrogens with zero attached hydrogens (tertiary/aromatic N) is 1. The van der Waals surface area contributed by atoms with Crippen LogP contribution in [-0.4, -0.2) is 35.8 Å². The number of carboxylic acids is 1. The van der Waals surface area contributed by atoms with Crippen molar-refractivity contribution in [3.05, 3.63) is 71.5 Å². The molecule has 1 amide bonds. The van der Waals surface area contributed by atoms with Crippen LogP contribution in [-0.2, 0) is 4.79 Å². The number of amides is 1. The summed E-state index contributed by atoms with van der Waals surface area (Å²) in [7, 11) is 3.16. The van der Waals surface area contributed by atoms with Crippen molar-refractivity contribution in [2.75, 3.05) is 19.5 Å². The summed E-state index contributed by atoms with van der Waals surface area (Å²) in [5, 5.41) is 12.5. The molecule has 0 aliphatic carbocycles. The molecule has 3 aromatic rings. The van der Waals surface area contributed by atoms with Gasteiger partial charge < -0.3 is 24.5 Å². The molecule has 2 heterocycles. The predicted octanol–water partition coefficient (Wildman–Crippen LogP) is 3.67. The number of hydrogen-bond acceptors (Lipinski definition) is 4. The minimum Gasteiger partial charge on any atom is -0.497 e. The van der Waals surface area contributed by atoms with Gasteiger partial charge in [-0.1, -0.05) is 18.2 Å². The quantitative estimate of drug-likeness (QED) is 0.692. The van der Waals surface area contributed by atoms with Crippen LogP contribution in [0, 0.1) is 0 Å². The van der Waals surface area contributed by atoms with Gasteiger partial charge in [-0.15, -0.1) is 0 Å². The lowest BCUT2D eigenvalue weighted by Gasteiger charge is -2.26. The number of aromatic carboxylic acids is 1. The zero-order valence-corrected chi connectivity index (χ0v) is 16.0. The van der Waals surface area contributed by atoms with E-state index >= 15 is 0 Å². The van der Waals surface area contributed by atoms with Crippen molar-refractivity contribution in [3.8, 4) is 17.2 Å². The van der Waals surface area contributed by atoms with Crippen LogP contribution in [0.3, 0.4) is 0 Å². The van der Waals surface area contributed by atoms with Crippen LogP contribution in [0.1, 0.15) is 34.0 Å². The number of benzene rings is 2. The smallest absolute Gasteiger partial charge is 0.339 e. The highest BCUT2D eigenvalue weighted by Crippen LogP contribution is 2.42. The summed E-state index contributed by atoms with van der Waals surface area (Å²) in [6.07, 6.45) is 1.74. The fourth-order valence-electron chi connectivity index (χ4n) is 3.74. The van der Waals surface area contributed by atoms with Gasteiger partial charge in [0.15, 0.2) is 0 Å². The summed E-state index contributed by atoms with van der Waals surface area (Å²) in [6, 6.07) is 14.8. The second kappa shape index (κ2) is 7.35. The number of nitrogens with one attached hydrogen (secondary N) is 1. The number of fused-ring (bicyclic) bond motifs is 1. The Morgan fingerprint density at radius 2 is 1.79 bits per heavy atom. The summed E-state index contributed by atoms with van der Waals surface area (Å²) in [5.41, 5.74) is 2.70. The van der Waals surface area contributed by atoms with E-state index in [-0.39, 0.29) is 23.8 Å². The second-order valence-electron chi connectivity index (χ2n) is 6.76. The average Bonchev–Trinajstić information content (AvgIpc) is 3.13. The highest BCUT2D eigenvalue weighted by Gasteiger charge is 2.34. The molecule has 1 atom stereocenters. The topological polar surface area (TPSA) is 89.8 Å². The minimum absolute atomic E-state index is 0.0452. The maximum absolute atomic E-state index is 12.4. The Hall–Kier alpha value is -3.74. The molecule has 0 bridgehead atoms. The monoisotopic (exact) mass is 392 g/mol. The Morgan fingerprint density at radius 3 is 2.48 bits per heavy atom. The maximum atomic E-state index is 12.4. The van der Waals surface area contributed by atoms with E-state index < -0.39 is 5.97 Å². The number of carbonyl (C=O) groups excluding carboxylic acids is 1. The van der Waals surface area contributed by atoms with E-state index in [0.717, 1.165) is 11.3 Å². The third kappa shape index (κ3) is 3.31. The molecule has 7 heteroatoms. The lowest BCUT2D eigenvalue weighted by Crippen LogP contribution is -2.25. The maximum Gasteiger partial charge on any atom is 0.339 e. The first-order chi connectivity index (χ1) is 14.0. The van der Waals surface area contributed by atoms with Crippen molar-refractivity contribution in [2.24, 2.45) is 0 Å². The minimum atomic E-state index is -1.10. The molecule has 148 valence electrons. The molecule has 4 rings (SSSR count). The Labute approximate surface area is 167 Å². The van der Waals surface area contributed by atoms with Gasteiger partial charge in [-0.2, -0.15) is 0 Å². The Bertz CT molecular complexity index is 1100. The van der Waals surface area contributed by atoms with Crippen molar-refractivity contribution in [2.45, 2.75) is 12.3 Å². The predicted molar refractivity (Wildman–Crippen MR) is 107 cm³/mol. The molecule has 29 heavy (non-hydrogen) atoms. The van der Waals surface area contributed by atoms with Crippen LogP contribution in [0.2, 0.25) is 0 Å². The highest BCUT2D eigenvalue weighted by atomic mass is 16.5. The van der Waals surface area contributed by atoms with Crippen molar-refractivity contribution in [3.63, 3.8) is 0 Å². The van der Waals surface area contributed by atoms with Gasteiger partial charge in [0.25, 0.3) is 0 Å². The number of rotatable bonds is 5. The summed E-state index contributed by atoms with van der Waals surface area (Å²) >= 11 is 0. The van der Waals surface area contributed by atoms with E-state index in [1.54, 1.807) is 20.4 Å². The molecule has 0 saturated heterocycles. The van der Waals surface area contributed by atoms with E-state index in [1.165, 1.54) is 0 Å². The zero-order chi connectivity index (χ0) is 20.5. The second-order valence-corrected chi connectivity index (χ2v) is 6.76. The third-order valence-corrected chi connectivity index (χ3v) is 5.09. The van der Waals surface area contributed by atoms with Gasteiger partial charge in [-0.05, 0) is 29.8 Å². The van der Waals surface area contributed by atoms with E-state index in [4.69, 9.17) is 9.47 Å². The molecule has 7 nitrogen and oxygen atoms in total. The Balaban J connectivity index is 1.96. The molecule has 0 radical (unpaired) electrons. The highest BCUT2D eigenvalue weighted by molar-refractivity contribution is 6.04. The molecule has 1 aromatic heterocycles. The number of aromatic nitrogens is 1. The van der Waals surface area contributed by atoms with Gasteiger partial charge >= 0.3 is 5.97 Å². The molecule has 2 aromatic carbocycles. The number of anilines is 1. The van der Waals surface area contributed by atoms with Crippen LogP contribution in [0.5, 0.6) is 11.5 Å². The SMILES string of the molecule is COc1cccc([C@@H]2CC(=O)Nc3c(C(=O)O)cn(-c4cccc(OC)c4)c32)c1. The first-order valence-electron chi connectivity index (χ1n) is 9.08. The van der Waals surface area contributed by atoms with Crippen molar-refractivity contribution < 1.29 is 24.2 Å². The van der Waals surface area contributed by atoms with E-state index in [0.29, 0.717) is 22.9 Å². The summed E-state index contributed by atoms with van der Waals surface area (Å²) < 4.78 is 12.5. The zero-order valence-electron chi connectivity index (χ0n) is 16.0. The Morgan fingerprint density at radius 1 is 1.10 bits per heavy atom. The fraction of sp³-hybridized carbons (Fsp3) is 0.182. The molecular weight excluding hydrogens is 372 g/mol. The van der Waals surface area contributed by atoms with Crippen molar-refractivity contribution in [1.29, 1.82) is 0 Å². The fourth-order valence-corrected chi connectivity index (χ4v) is 3.74. The molecule has 0 spiro atoms.